The second kappa shape index (κ2) is 4.60. The zero-order valence-corrected chi connectivity index (χ0v) is 9.54. The van der Waals surface area contributed by atoms with Crippen LogP contribution in [-0.2, 0) is 6.42 Å². The van der Waals surface area contributed by atoms with Crippen molar-refractivity contribution in [3.63, 3.8) is 0 Å². The van der Waals surface area contributed by atoms with Gasteiger partial charge in [0.05, 0.1) is 11.8 Å². The van der Waals surface area contributed by atoms with Crippen molar-refractivity contribution in [1.82, 2.24) is 0 Å². The number of furan rings is 1. The molecule has 1 heterocycles. The van der Waals surface area contributed by atoms with Crippen LogP contribution in [0.25, 0.3) is 11.3 Å². The number of carboxylic acid groups (broad SMARTS) is 1. The fourth-order valence-corrected chi connectivity index (χ4v) is 1.76. The lowest BCUT2D eigenvalue weighted by molar-refractivity contribution is 0.0696. The van der Waals surface area contributed by atoms with E-state index in [4.69, 9.17) is 9.52 Å². The van der Waals surface area contributed by atoms with E-state index in [1.807, 2.05) is 0 Å². The highest BCUT2D eigenvalue weighted by Gasteiger charge is 2.22. The molecule has 0 spiro atoms. The van der Waals surface area contributed by atoms with Gasteiger partial charge in [-0.25, -0.2) is 13.6 Å². The molecule has 1 aromatic carbocycles. The van der Waals surface area contributed by atoms with E-state index >= 15 is 0 Å². The Labute approximate surface area is 102 Å². The lowest BCUT2D eigenvalue weighted by Gasteiger charge is -2.02. The molecular weight excluding hydrogens is 242 g/mol. The molecule has 0 aliphatic carbocycles. The maximum absolute atomic E-state index is 13.6. The summed E-state index contributed by atoms with van der Waals surface area (Å²) in [6.07, 6.45) is 1.73. The first-order valence-electron chi connectivity index (χ1n) is 5.33. The molecule has 2 rings (SSSR count). The van der Waals surface area contributed by atoms with E-state index in [2.05, 4.69) is 0 Å². The van der Waals surface area contributed by atoms with E-state index in [1.54, 1.807) is 6.92 Å². The number of hydrogen-bond acceptors (Lipinski definition) is 2. The van der Waals surface area contributed by atoms with Gasteiger partial charge in [-0.3, -0.25) is 0 Å². The highest BCUT2D eigenvalue weighted by Crippen LogP contribution is 2.30. The van der Waals surface area contributed by atoms with Crippen molar-refractivity contribution >= 4 is 5.97 Å². The number of rotatable bonds is 3. The molecule has 0 saturated heterocycles. The fraction of sp³-hybridized carbons (Fsp3) is 0.154. The molecule has 94 valence electrons. The van der Waals surface area contributed by atoms with Crippen LogP contribution < -0.4 is 0 Å². The van der Waals surface area contributed by atoms with E-state index in [1.165, 1.54) is 6.26 Å². The molecule has 0 bridgehead atoms. The summed E-state index contributed by atoms with van der Waals surface area (Å²) in [7, 11) is 0. The topological polar surface area (TPSA) is 50.4 Å². The van der Waals surface area contributed by atoms with Gasteiger partial charge in [0.15, 0.2) is 5.76 Å². The first kappa shape index (κ1) is 12.3. The highest BCUT2D eigenvalue weighted by atomic mass is 19.1. The standard InChI is InChI=1S/C13H10F2O3/c1-2-7-6-18-12(11(7)13(16)17)9-4-3-8(14)5-10(9)15/h3-6H,2H2,1H3,(H,16,17). The zero-order chi connectivity index (χ0) is 13.3. The number of aryl methyl sites for hydroxylation is 1. The van der Waals surface area contributed by atoms with E-state index < -0.39 is 17.6 Å². The van der Waals surface area contributed by atoms with Crippen molar-refractivity contribution in [2.75, 3.05) is 0 Å². The van der Waals surface area contributed by atoms with Crippen LogP contribution in [0.4, 0.5) is 8.78 Å². The maximum Gasteiger partial charge on any atom is 0.339 e. The molecule has 0 radical (unpaired) electrons. The van der Waals surface area contributed by atoms with Crippen LogP contribution >= 0.6 is 0 Å². The van der Waals surface area contributed by atoms with Gasteiger partial charge in [0.1, 0.15) is 17.2 Å². The van der Waals surface area contributed by atoms with Crippen LogP contribution in [-0.4, -0.2) is 11.1 Å². The molecule has 5 heteroatoms. The van der Waals surface area contributed by atoms with Gasteiger partial charge in [-0.2, -0.15) is 0 Å². The van der Waals surface area contributed by atoms with Crippen LogP contribution in [0.5, 0.6) is 0 Å². The summed E-state index contributed by atoms with van der Waals surface area (Å²) < 4.78 is 31.5. The molecule has 1 N–H and O–H groups in total. The third-order valence-electron chi connectivity index (χ3n) is 2.64. The smallest absolute Gasteiger partial charge is 0.339 e. The molecule has 0 aliphatic rings. The van der Waals surface area contributed by atoms with Gasteiger partial charge >= 0.3 is 5.97 Å². The van der Waals surface area contributed by atoms with Crippen molar-refractivity contribution in [2.24, 2.45) is 0 Å². The third kappa shape index (κ3) is 1.99. The number of aromatic carboxylic acids is 1. The normalized spacial score (nSPS) is 10.6. The SMILES string of the molecule is CCc1coc(-c2ccc(F)cc2F)c1C(=O)O. The molecule has 0 unspecified atom stereocenters. The quantitative estimate of drug-likeness (QED) is 0.909. The minimum atomic E-state index is -1.20. The molecule has 2 aromatic rings. The van der Waals surface area contributed by atoms with Gasteiger partial charge in [-0.05, 0) is 18.6 Å². The van der Waals surface area contributed by atoms with Crippen molar-refractivity contribution in [1.29, 1.82) is 0 Å². The molecule has 0 fully saturated rings. The Hall–Kier alpha value is -2.17. The fourth-order valence-electron chi connectivity index (χ4n) is 1.76. The predicted octanol–water partition coefficient (Wildman–Crippen LogP) is 3.49. The van der Waals surface area contributed by atoms with E-state index in [0.717, 1.165) is 12.1 Å². The Kier molecular flexibility index (Phi) is 3.14. The van der Waals surface area contributed by atoms with Gasteiger partial charge in [0.25, 0.3) is 0 Å². The Bertz CT molecular complexity index is 602. The minimum absolute atomic E-state index is 0.0616. The molecule has 0 saturated carbocycles. The second-order valence-electron chi connectivity index (χ2n) is 3.75. The first-order chi connectivity index (χ1) is 8.54. The van der Waals surface area contributed by atoms with E-state index in [-0.39, 0.29) is 16.9 Å². The number of carboxylic acids is 1. The third-order valence-corrected chi connectivity index (χ3v) is 2.64. The summed E-state index contributed by atoms with van der Waals surface area (Å²) in [5.41, 5.74) is 0.331. The van der Waals surface area contributed by atoms with Gasteiger partial charge in [0, 0.05) is 11.6 Å². The molecule has 0 amide bonds. The maximum atomic E-state index is 13.6. The summed E-state index contributed by atoms with van der Waals surface area (Å²) in [4.78, 5) is 11.2. The Balaban J connectivity index is 2.64. The van der Waals surface area contributed by atoms with Crippen molar-refractivity contribution in [2.45, 2.75) is 13.3 Å². The van der Waals surface area contributed by atoms with Gasteiger partial charge in [-0.1, -0.05) is 6.92 Å². The largest absolute Gasteiger partial charge is 0.478 e. The summed E-state index contributed by atoms with van der Waals surface area (Å²) in [6, 6.07) is 2.91. The second-order valence-corrected chi connectivity index (χ2v) is 3.75. The van der Waals surface area contributed by atoms with Gasteiger partial charge < -0.3 is 9.52 Å². The van der Waals surface area contributed by atoms with E-state index in [0.29, 0.717) is 18.1 Å². The zero-order valence-electron chi connectivity index (χ0n) is 9.54. The molecule has 0 aliphatic heterocycles. The van der Waals surface area contributed by atoms with Crippen LogP contribution in [0, 0.1) is 11.6 Å². The monoisotopic (exact) mass is 252 g/mol. The van der Waals surface area contributed by atoms with Crippen molar-refractivity contribution in [3.05, 3.63) is 47.2 Å². The predicted molar refractivity (Wildman–Crippen MR) is 60.4 cm³/mol. The summed E-state index contributed by atoms with van der Waals surface area (Å²) in [6.45, 7) is 1.77. The average Bonchev–Trinajstić information content (AvgIpc) is 2.72. The first-order valence-corrected chi connectivity index (χ1v) is 5.33. The summed E-state index contributed by atoms with van der Waals surface area (Å²) in [5, 5.41) is 9.12. The number of benzene rings is 1. The van der Waals surface area contributed by atoms with Crippen LogP contribution in [0.3, 0.4) is 0 Å². The molecule has 18 heavy (non-hydrogen) atoms. The Morgan fingerprint density at radius 3 is 2.67 bits per heavy atom. The highest BCUT2D eigenvalue weighted by molar-refractivity contribution is 5.96. The van der Waals surface area contributed by atoms with Gasteiger partial charge in [-0.15, -0.1) is 0 Å². The number of carbonyl (C=O) groups is 1. The number of hydrogen-bond donors (Lipinski definition) is 1. The lowest BCUT2D eigenvalue weighted by Crippen LogP contribution is -2.01. The van der Waals surface area contributed by atoms with Crippen molar-refractivity contribution in [3.8, 4) is 11.3 Å². The number of halogens is 2. The minimum Gasteiger partial charge on any atom is -0.478 e. The lowest BCUT2D eigenvalue weighted by atomic mass is 10.0. The molecular formula is C13H10F2O3. The van der Waals surface area contributed by atoms with Crippen molar-refractivity contribution < 1.29 is 23.1 Å². The Morgan fingerprint density at radius 1 is 1.39 bits per heavy atom. The summed E-state index contributed by atoms with van der Waals surface area (Å²) in [5.74, 6) is -2.86. The molecule has 3 nitrogen and oxygen atoms in total. The van der Waals surface area contributed by atoms with Crippen LogP contribution in [0.2, 0.25) is 0 Å². The molecule has 0 atom stereocenters. The summed E-state index contributed by atoms with van der Waals surface area (Å²) >= 11 is 0. The molecule has 1 aromatic heterocycles. The Morgan fingerprint density at radius 2 is 2.11 bits per heavy atom. The average molecular weight is 252 g/mol. The van der Waals surface area contributed by atoms with Gasteiger partial charge in [0.2, 0.25) is 0 Å². The van der Waals surface area contributed by atoms with E-state index in [9.17, 15) is 13.6 Å². The van der Waals surface area contributed by atoms with Crippen LogP contribution in [0.15, 0.2) is 28.9 Å². The van der Waals surface area contributed by atoms with Crippen LogP contribution in [0.1, 0.15) is 22.8 Å².